The molecule has 0 unspecified atom stereocenters. The fourth-order valence-electron chi connectivity index (χ4n) is 1.64. The Morgan fingerprint density at radius 1 is 1.33 bits per heavy atom. The maximum atomic E-state index is 11.9. The molecule has 5 heteroatoms. The molecule has 5 nitrogen and oxygen atoms in total. The number of amides is 1. The number of carbonyl (C=O) groups is 2. The van der Waals surface area contributed by atoms with E-state index in [4.69, 9.17) is 9.47 Å². The van der Waals surface area contributed by atoms with Crippen molar-refractivity contribution in [2.24, 2.45) is 0 Å². The van der Waals surface area contributed by atoms with Crippen LogP contribution in [0, 0.1) is 0 Å². The summed E-state index contributed by atoms with van der Waals surface area (Å²) < 4.78 is 9.93. The second kappa shape index (κ2) is 8.79. The first-order valence-electron chi connectivity index (χ1n) is 6.79. The molecule has 0 radical (unpaired) electrons. The van der Waals surface area contributed by atoms with E-state index in [9.17, 15) is 9.59 Å². The van der Waals surface area contributed by atoms with Crippen molar-refractivity contribution in [3.63, 3.8) is 0 Å². The van der Waals surface area contributed by atoms with Crippen LogP contribution in [-0.2, 0) is 14.3 Å². The van der Waals surface area contributed by atoms with Gasteiger partial charge in [0.1, 0.15) is 5.75 Å². The number of benzene rings is 1. The Hall–Kier alpha value is -2.30. The van der Waals surface area contributed by atoms with Gasteiger partial charge < -0.3 is 14.4 Å². The third-order valence-electron chi connectivity index (χ3n) is 2.85. The smallest absolute Gasteiger partial charge is 0.307 e. The zero-order valence-corrected chi connectivity index (χ0v) is 12.7. The standard InChI is InChI=1S/C16H21NO4/c1-4-21-16(19)10-11-17(2)15(18)9-8-13-6-5-7-14(12-13)20-3/h5-9,12H,4,10-11H2,1-3H3. The Morgan fingerprint density at radius 2 is 2.10 bits per heavy atom. The van der Waals surface area contributed by atoms with Crippen LogP contribution in [0.3, 0.4) is 0 Å². The summed E-state index contributed by atoms with van der Waals surface area (Å²) in [6.07, 6.45) is 3.38. The number of ether oxygens (including phenoxy) is 2. The molecule has 0 N–H and O–H groups in total. The predicted octanol–water partition coefficient (Wildman–Crippen LogP) is 2.12. The summed E-state index contributed by atoms with van der Waals surface area (Å²) in [4.78, 5) is 24.6. The Morgan fingerprint density at radius 3 is 2.76 bits per heavy atom. The Labute approximate surface area is 125 Å². The molecule has 0 spiro atoms. The van der Waals surface area contributed by atoms with Crippen LogP contribution in [0.25, 0.3) is 6.08 Å². The van der Waals surface area contributed by atoms with Gasteiger partial charge in [-0.2, -0.15) is 0 Å². The van der Waals surface area contributed by atoms with E-state index in [0.29, 0.717) is 13.2 Å². The lowest BCUT2D eigenvalue weighted by molar-refractivity contribution is -0.143. The molecule has 0 aromatic heterocycles. The molecule has 0 aliphatic rings. The molecule has 1 amide bonds. The largest absolute Gasteiger partial charge is 0.497 e. The quantitative estimate of drug-likeness (QED) is 0.570. The van der Waals surface area contributed by atoms with Crippen molar-refractivity contribution in [3.05, 3.63) is 35.9 Å². The zero-order valence-electron chi connectivity index (χ0n) is 12.7. The van der Waals surface area contributed by atoms with Gasteiger partial charge in [0.05, 0.1) is 20.1 Å². The molecule has 21 heavy (non-hydrogen) atoms. The lowest BCUT2D eigenvalue weighted by atomic mass is 10.2. The van der Waals surface area contributed by atoms with Crippen molar-refractivity contribution in [1.29, 1.82) is 0 Å². The number of hydrogen-bond donors (Lipinski definition) is 0. The van der Waals surface area contributed by atoms with Crippen LogP contribution in [-0.4, -0.2) is 44.1 Å². The van der Waals surface area contributed by atoms with Crippen LogP contribution in [0.5, 0.6) is 5.75 Å². The van der Waals surface area contributed by atoms with E-state index in [1.54, 1.807) is 27.2 Å². The SMILES string of the molecule is CCOC(=O)CCN(C)C(=O)C=Cc1cccc(OC)c1. The van der Waals surface area contributed by atoms with Crippen LogP contribution in [0.4, 0.5) is 0 Å². The monoisotopic (exact) mass is 291 g/mol. The molecule has 0 aliphatic carbocycles. The summed E-state index contributed by atoms with van der Waals surface area (Å²) in [7, 11) is 3.24. The molecular formula is C16H21NO4. The van der Waals surface area contributed by atoms with Crippen LogP contribution < -0.4 is 4.74 Å². The van der Waals surface area contributed by atoms with Crippen LogP contribution in [0.15, 0.2) is 30.3 Å². The fraction of sp³-hybridized carbons (Fsp3) is 0.375. The van der Waals surface area contributed by atoms with E-state index in [2.05, 4.69) is 0 Å². The van der Waals surface area contributed by atoms with Crippen molar-refractivity contribution in [2.75, 3.05) is 27.3 Å². The average molecular weight is 291 g/mol. The number of methoxy groups -OCH3 is 1. The molecule has 1 rings (SSSR count). The minimum Gasteiger partial charge on any atom is -0.497 e. The summed E-state index contributed by atoms with van der Waals surface area (Å²) in [5.74, 6) is 0.274. The maximum Gasteiger partial charge on any atom is 0.307 e. The summed E-state index contributed by atoms with van der Waals surface area (Å²) in [5, 5.41) is 0. The summed E-state index contributed by atoms with van der Waals surface area (Å²) in [6.45, 7) is 2.44. The van der Waals surface area contributed by atoms with Gasteiger partial charge in [-0.1, -0.05) is 12.1 Å². The van der Waals surface area contributed by atoms with Crippen molar-refractivity contribution < 1.29 is 19.1 Å². The minimum absolute atomic E-state index is 0.165. The van der Waals surface area contributed by atoms with Gasteiger partial charge in [-0.15, -0.1) is 0 Å². The van der Waals surface area contributed by atoms with Crippen molar-refractivity contribution in [3.8, 4) is 5.75 Å². The zero-order chi connectivity index (χ0) is 15.7. The second-order valence-electron chi connectivity index (χ2n) is 4.42. The molecule has 1 aromatic rings. The number of nitrogens with zero attached hydrogens (tertiary/aromatic N) is 1. The normalized spacial score (nSPS) is 10.4. The van der Waals surface area contributed by atoms with Gasteiger partial charge in [-0.05, 0) is 30.7 Å². The lowest BCUT2D eigenvalue weighted by Crippen LogP contribution is -2.27. The van der Waals surface area contributed by atoms with Gasteiger partial charge in [0, 0.05) is 19.7 Å². The Kier molecular flexibility index (Phi) is 7.01. The molecule has 0 heterocycles. The Balaban J connectivity index is 2.51. The van der Waals surface area contributed by atoms with Gasteiger partial charge >= 0.3 is 5.97 Å². The molecular weight excluding hydrogens is 270 g/mol. The molecule has 0 bridgehead atoms. The first-order chi connectivity index (χ1) is 10.1. The van der Waals surface area contributed by atoms with Crippen LogP contribution in [0.1, 0.15) is 18.9 Å². The van der Waals surface area contributed by atoms with E-state index in [-0.39, 0.29) is 18.3 Å². The number of esters is 1. The highest BCUT2D eigenvalue weighted by Gasteiger charge is 2.08. The van der Waals surface area contributed by atoms with Gasteiger partial charge in [0.2, 0.25) is 5.91 Å². The molecule has 0 saturated heterocycles. The van der Waals surface area contributed by atoms with E-state index < -0.39 is 0 Å². The highest BCUT2D eigenvalue weighted by Crippen LogP contribution is 2.13. The number of rotatable bonds is 7. The molecule has 0 fully saturated rings. The van der Waals surface area contributed by atoms with Gasteiger partial charge in [0.25, 0.3) is 0 Å². The average Bonchev–Trinajstić information content (AvgIpc) is 2.50. The van der Waals surface area contributed by atoms with Gasteiger partial charge in [0.15, 0.2) is 0 Å². The van der Waals surface area contributed by atoms with E-state index in [0.717, 1.165) is 11.3 Å². The van der Waals surface area contributed by atoms with Crippen LogP contribution in [0.2, 0.25) is 0 Å². The maximum absolute atomic E-state index is 11.9. The lowest BCUT2D eigenvalue weighted by Gasteiger charge is -2.14. The van der Waals surface area contributed by atoms with E-state index >= 15 is 0 Å². The summed E-state index contributed by atoms with van der Waals surface area (Å²) >= 11 is 0. The number of likely N-dealkylation sites (N-methyl/N-ethyl adjacent to an activating group) is 1. The molecule has 0 atom stereocenters. The molecule has 0 aliphatic heterocycles. The van der Waals surface area contributed by atoms with E-state index in [1.165, 1.54) is 11.0 Å². The van der Waals surface area contributed by atoms with Crippen molar-refractivity contribution in [2.45, 2.75) is 13.3 Å². The van der Waals surface area contributed by atoms with Gasteiger partial charge in [-0.25, -0.2) is 0 Å². The van der Waals surface area contributed by atoms with Crippen molar-refractivity contribution >= 4 is 18.0 Å². The molecule has 0 saturated carbocycles. The first kappa shape index (κ1) is 16.8. The summed E-state index contributed by atoms with van der Waals surface area (Å²) in [6, 6.07) is 7.41. The topological polar surface area (TPSA) is 55.8 Å². The third kappa shape index (κ3) is 6.12. The van der Waals surface area contributed by atoms with E-state index in [1.807, 2.05) is 24.3 Å². The van der Waals surface area contributed by atoms with Gasteiger partial charge in [-0.3, -0.25) is 9.59 Å². The first-order valence-corrected chi connectivity index (χ1v) is 6.79. The minimum atomic E-state index is -0.297. The van der Waals surface area contributed by atoms with Crippen molar-refractivity contribution in [1.82, 2.24) is 4.90 Å². The number of hydrogen-bond acceptors (Lipinski definition) is 4. The van der Waals surface area contributed by atoms with Crippen LogP contribution >= 0.6 is 0 Å². The second-order valence-corrected chi connectivity index (χ2v) is 4.42. The predicted molar refractivity (Wildman–Crippen MR) is 80.9 cm³/mol. The highest BCUT2D eigenvalue weighted by molar-refractivity contribution is 5.91. The summed E-state index contributed by atoms with van der Waals surface area (Å²) in [5.41, 5.74) is 0.876. The Bertz CT molecular complexity index is 511. The highest BCUT2D eigenvalue weighted by atomic mass is 16.5. The third-order valence-corrected chi connectivity index (χ3v) is 2.85. The number of carbonyl (C=O) groups excluding carboxylic acids is 2. The molecule has 1 aromatic carbocycles. The molecule has 114 valence electrons. The fourth-order valence-corrected chi connectivity index (χ4v) is 1.64.